The number of aromatic nitrogens is 1. The molecule has 0 aliphatic carbocycles. The quantitative estimate of drug-likeness (QED) is 0.721. The van der Waals surface area contributed by atoms with Gasteiger partial charge in [-0.2, -0.15) is 0 Å². The molecule has 0 saturated heterocycles. The van der Waals surface area contributed by atoms with Crippen LogP contribution in [0.25, 0.3) is 6.08 Å². The van der Waals surface area contributed by atoms with Crippen LogP contribution in [0.15, 0.2) is 11.8 Å². The van der Waals surface area contributed by atoms with Gasteiger partial charge in [-0.1, -0.05) is 19.4 Å². The van der Waals surface area contributed by atoms with Crippen molar-refractivity contribution in [3.8, 4) is 0 Å². The summed E-state index contributed by atoms with van der Waals surface area (Å²) in [5.41, 5.74) is 2.75. The third kappa shape index (κ3) is 3.62. The Bertz CT molecular complexity index is 310. The predicted octanol–water partition coefficient (Wildman–Crippen LogP) is 4.29. The van der Waals surface area contributed by atoms with Gasteiger partial charge in [0.05, 0.1) is 4.88 Å². The minimum Gasteiger partial charge on any atom is -0.200 e. The Morgan fingerprint density at radius 1 is 1.57 bits per heavy atom. The van der Waals surface area contributed by atoms with Crippen LogP contribution in [0, 0.1) is 12.8 Å². The molecule has 0 radical (unpaired) electrons. The summed E-state index contributed by atoms with van der Waals surface area (Å²) in [5.74, 6) is 0.793. The lowest BCUT2D eigenvalue weighted by Gasteiger charge is -2.04. The molecule has 1 nitrogen and oxygen atoms in total. The van der Waals surface area contributed by atoms with Gasteiger partial charge in [-0.25, -0.2) is 4.37 Å². The molecule has 0 spiro atoms. The van der Waals surface area contributed by atoms with E-state index in [4.69, 9.17) is 0 Å². The van der Waals surface area contributed by atoms with Crippen molar-refractivity contribution in [1.29, 1.82) is 0 Å². The molecule has 1 heterocycles. The highest BCUT2D eigenvalue weighted by molar-refractivity contribution is 7.06. The van der Waals surface area contributed by atoms with Crippen LogP contribution < -0.4 is 0 Å². The van der Waals surface area contributed by atoms with Gasteiger partial charge < -0.3 is 0 Å². The van der Waals surface area contributed by atoms with Crippen LogP contribution in [0.5, 0.6) is 0 Å². The lowest BCUT2D eigenvalue weighted by molar-refractivity contribution is 0.585. The van der Waals surface area contributed by atoms with Gasteiger partial charge in [-0.15, -0.1) is 0 Å². The van der Waals surface area contributed by atoms with Crippen molar-refractivity contribution in [2.24, 2.45) is 5.92 Å². The SMILES string of the molecule is C/C(=C\c1sncc1C)CCC(C)C. The molecule has 0 fully saturated rings. The average molecular weight is 209 g/mol. The minimum atomic E-state index is 0.793. The molecule has 0 aliphatic heterocycles. The highest BCUT2D eigenvalue weighted by Crippen LogP contribution is 2.19. The number of allylic oxidation sites excluding steroid dienone is 1. The van der Waals surface area contributed by atoms with Crippen LogP contribution in [0.3, 0.4) is 0 Å². The predicted molar refractivity (Wildman–Crippen MR) is 64.6 cm³/mol. The Kier molecular flexibility index (Phi) is 4.33. The second kappa shape index (κ2) is 5.30. The van der Waals surface area contributed by atoms with E-state index in [1.807, 2.05) is 6.20 Å². The molecule has 0 saturated carbocycles. The van der Waals surface area contributed by atoms with Gasteiger partial charge in [0.2, 0.25) is 0 Å². The molecule has 2 heteroatoms. The molecule has 78 valence electrons. The highest BCUT2D eigenvalue weighted by Gasteiger charge is 1.99. The van der Waals surface area contributed by atoms with E-state index in [1.54, 1.807) is 11.5 Å². The molecule has 14 heavy (non-hydrogen) atoms. The van der Waals surface area contributed by atoms with Crippen molar-refractivity contribution in [3.63, 3.8) is 0 Å². The summed E-state index contributed by atoms with van der Waals surface area (Å²) in [6, 6.07) is 0. The standard InChI is InChI=1S/C12H19NS/c1-9(2)5-6-10(3)7-12-11(4)8-13-14-12/h7-9H,5-6H2,1-4H3/b10-7+. The lowest BCUT2D eigenvalue weighted by atomic mass is 10.0. The highest BCUT2D eigenvalue weighted by atomic mass is 32.1. The molecule has 0 unspecified atom stereocenters. The van der Waals surface area contributed by atoms with Gasteiger partial charge >= 0.3 is 0 Å². The van der Waals surface area contributed by atoms with E-state index in [0.29, 0.717) is 0 Å². The summed E-state index contributed by atoms with van der Waals surface area (Å²) in [5, 5.41) is 0. The second-order valence-corrected chi connectivity index (χ2v) is 5.13. The fourth-order valence-corrected chi connectivity index (χ4v) is 2.03. The van der Waals surface area contributed by atoms with Gasteiger partial charge in [-0.3, -0.25) is 0 Å². The van der Waals surface area contributed by atoms with Gasteiger partial charge in [0.15, 0.2) is 0 Å². The molecule has 0 aliphatic rings. The minimum absolute atomic E-state index is 0.793. The fraction of sp³-hybridized carbons (Fsp3) is 0.583. The Hall–Kier alpha value is -0.630. The van der Waals surface area contributed by atoms with Crippen LogP contribution >= 0.6 is 11.5 Å². The largest absolute Gasteiger partial charge is 0.200 e. The summed E-state index contributed by atoms with van der Waals surface area (Å²) >= 11 is 1.59. The van der Waals surface area contributed by atoms with Crippen molar-refractivity contribution >= 4 is 17.6 Å². The summed E-state index contributed by atoms with van der Waals surface area (Å²) in [6.45, 7) is 8.86. The van der Waals surface area contributed by atoms with Crippen LogP contribution in [0.4, 0.5) is 0 Å². The van der Waals surface area contributed by atoms with Crippen molar-refractivity contribution in [3.05, 3.63) is 22.2 Å². The topological polar surface area (TPSA) is 12.9 Å². The molecule has 0 bridgehead atoms. The molecule has 0 N–H and O–H groups in total. The van der Waals surface area contributed by atoms with Crippen molar-refractivity contribution < 1.29 is 0 Å². The Labute approximate surface area is 91.0 Å². The van der Waals surface area contributed by atoms with Gasteiger partial charge in [0.1, 0.15) is 0 Å². The average Bonchev–Trinajstić information content (AvgIpc) is 2.49. The zero-order chi connectivity index (χ0) is 10.6. The van der Waals surface area contributed by atoms with E-state index in [-0.39, 0.29) is 0 Å². The zero-order valence-corrected chi connectivity index (χ0v) is 10.3. The van der Waals surface area contributed by atoms with Crippen LogP contribution in [0.2, 0.25) is 0 Å². The first-order valence-corrected chi connectivity index (χ1v) is 5.95. The maximum atomic E-state index is 4.17. The van der Waals surface area contributed by atoms with Crippen molar-refractivity contribution in [1.82, 2.24) is 4.37 Å². The number of aryl methyl sites for hydroxylation is 1. The van der Waals surface area contributed by atoms with E-state index >= 15 is 0 Å². The molecule has 0 atom stereocenters. The summed E-state index contributed by atoms with van der Waals surface area (Å²) in [6.07, 6.45) is 6.69. The normalized spacial score (nSPS) is 12.5. The van der Waals surface area contributed by atoms with Crippen molar-refractivity contribution in [2.75, 3.05) is 0 Å². The van der Waals surface area contributed by atoms with E-state index in [2.05, 4.69) is 38.1 Å². The molecule has 1 rings (SSSR count). The smallest absolute Gasteiger partial charge is 0.0506 e. The molecule has 0 aromatic carbocycles. The summed E-state index contributed by atoms with van der Waals surface area (Å²) < 4.78 is 4.17. The zero-order valence-electron chi connectivity index (χ0n) is 9.50. The van der Waals surface area contributed by atoms with Crippen LogP contribution in [-0.2, 0) is 0 Å². The van der Waals surface area contributed by atoms with Crippen LogP contribution in [-0.4, -0.2) is 4.37 Å². The first-order chi connectivity index (χ1) is 6.59. The molecular formula is C12H19NS. The van der Waals surface area contributed by atoms with E-state index in [9.17, 15) is 0 Å². The van der Waals surface area contributed by atoms with Gasteiger partial charge in [0.25, 0.3) is 0 Å². The second-order valence-electron chi connectivity index (χ2n) is 4.30. The summed E-state index contributed by atoms with van der Waals surface area (Å²) in [4.78, 5) is 1.31. The number of hydrogen-bond acceptors (Lipinski definition) is 2. The third-order valence-electron chi connectivity index (χ3n) is 2.28. The van der Waals surface area contributed by atoms with E-state index < -0.39 is 0 Å². The van der Waals surface area contributed by atoms with Crippen LogP contribution in [0.1, 0.15) is 44.1 Å². The first-order valence-electron chi connectivity index (χ1n) is 5.18. The molecule has 1 aromatic heterocycles. The third-order valence-corrected chi connectivity index (χ3v) is 3.13. The number of nitrogens with zero attached hydrogens (tertiary/aromatic N) is 1. The molecule has 0 amide bonds. The Morgan fingerprint density at radius 3 is 2.79 bits per heavy atom. The maximum absolute atomic E-state index is 4.17. The maximum Gasteiger partial charge on any atom is 0.0506 e. The van der Waals surface area contributed by atoms with Gasteiger partial charge in [0, 0.05) is 6.20 Å². The molecular weight excluding hydrogens is 190 g/mol. The fourth-order valence-electron chi connectivity index (χ4n) is 1.25. The van der Waals surface area contributed by atoms with Crippen molar-refractivity contribution in [2.45, 2.75) is 40.5 Å². The number of hydrogen-bond donors (Lipinski definition) is 0. The van der Waals surface area contributed by atoms with Gasteiger partial charge in [-0.05, 0) is 55.8 Å². The number of rotatable bonds is 4. The molecule has 1 aromatic rings. The van der Waals surface area contributed by atoms with E-state index in [1.165, 1.54) is 28.9 Å². The monoisotopic (exact) mass is 209 g/mol. The summed E-state index contributed by atoms with van der Waals surface area (Å²) in [7, 11) is 0. The van der Waals surface area contributed by atoms with E-state index in [0.717, 1.165) is 5.92 Å². The Morgan fingerprint density at radius 2 is 2.29 bits per heavy atom. The lowest BCUT2D eigenvalue weighted by Crippen LogP contribution is -1.87. The first kappa shape index (κ1) is 11.4. The Balaban J connectivity index is 2.56.